The van der Waals surface area contributed by atoms with E-state index in [1.54, 1.807) is 72.1 Å². The Balaban J connectivity index is 1.68. The highest BCUT2D eigenvalue weighted by atomic mass is 16.5. The number of anilines is 1. The van der Waals surface area contributed by atoms with Crippen molar-refractivity contribution in [2.75, 3.05) is 25.2 Å². The molecule has 3 aromatic rings. The quantitative estimate of drug-likeness (QED) is 0.560. The Labute approximate surface area is 190 Å². The maximum absolute atomic E-state index is 13.8. The molecule has 8 heteroatoms. The fourth-order valence-corrected chi connectivity index (χ4v) is 4.44. The van der Waals surface area contributed by atoms with Gasteiger partial charge in [-0.1, -0.05) is 0 Å². The summed E-state index contributed by atoms with van der Waals surface area (Å²) in [7, 11) is 1.58. The molecule has 1 amide bonds. The van der Waals surface area contributed by atoms with E-state index in [0.717, 1.165) is 12.8 Å². The fraction of sp³-hybridized carbons (Fsp3) is 0.280. The maximum atomic E-state index is 13.8. The standard InChI is InChI=1S/C25H22N4O4/c1-3-33-24(31)21-20-22(29(27-21)18-8-10-19(32-2)11-9-18)23(30)28(15-25(20)12-13-25)17-6-4-16(14-26)5-7-17/h4-11H,3,12-13,15H2,1-2H3. The van der Waals surface area contributed by atoms with Crippen LogP contribution in [-0.2, 0) is 10.2 Å². The van der Waals surface area contributed by atoms with E-state index in [1.165, 1.54) is 0 Å². The van der Waals surface area contributed by atoms with Gasteiger partial charge in [-0.15, -0.1) is 0 Å². The topological polar surface area (TPSA) is 97.4 Å². The number of nitrogens with zero attached hydrogens (tertiary/aromatic N) is 4. The van der Waals surface area contributed by atoms with E-state index in [2.05, 4.69) is 11.2 Å². The van der Waals surface area contributed by atoms with Crippen LogP contribution in [0.25, 0.3) is 5.69 Å². The zero-order chi connectivity index (χ0) is 23.2. The first-order valence-electron chi connectivity index (χ1n) is 10.8. The molecule has 33 heavy (non-hydrogen) atoms. The molecule has 1 spiro atoms. The van der Waals surface area contributed by atoms with Gasteiger partial charge in [0, 0.05) is 23.2 Å². The minimum Gasteiger partial charge on any atom is -0.497 e. The zero-order valence-electron chi connectivity index (χ0n) is 18.4. The van der Waals surface area contributed by atoms with Gasteiger partial charge in [0.2, 0.25) is 0 Å². The highest BCUT2D eigenvalue weighted by molar-refractivity contribution is 6.10. The van der Waals surface area contributed by atoms with Crippen LogP contribution in [-0.4, -0.2) is 41.9 Å². The molecular weight excluding hydrogens is 420 g/mol. The molecule has 1 fully saturated rings. The van der Waals surface area contributed by atoms with Gasteiger partial charge in [-0.2, -0.15) is 10.4 Å². The van der Waals surface area contributed by atoms with Crippen LogP contribution >= 0.6 is 0 Å². The van der Waals surface area contributed by atoms with Crippen LogP contribution in [0.15, 0.2) is 48.5 Å². The summed E-state index contributed by atoms with van der Waals surface area (Å²) in [6.45, 7) is 2.42. The highest BCUT2D eigenvalue weighted by Gasteiger charge is 2.56. The van der Waals surface area contributed by atoms with E-state index in [1.807, 2.05) is 0 Å². The number of aromatic nitrogens is 2. The summed E-state index contributed by atoms with van der Waals surface area (Å²) in [5.41, 5.74) is 2.78. The molecule has 0 bridgehead atoms. The van der Waals surface area contributed by atoms with Gasteiger partial charge < -0.3 is 14.4 Å². The summed E-state index contributed by atoms with van der Waals surface area (Å²) >= 11 is 0. The summed E-state index contributed by atoms with van der Waals surface area (Å²) < 4.78 is 12.1. The molecule has 0 atom stereocenters. The van der Waals surface area contributed by atoms with Crippen LogP contribution in [0.1, 0.15) is 51.9 Å². The minimum absolute atomic E-state index is 0.202. The lowest BCUT2D eigenvalue weighted by molar-refractivity contribution is 0.0516. The first-order chi connectivity index (χ1) is 16.0. The average Bonchev–Trinajstić information content (AvgIpc) is 3.50. The fourth-order valence-electron chi connectivity index (χ4n) is 4.44. The van der Waals surface area contributed by atoms with Crippen molar-refractivity contribution in [3.63, 3.8) is 0 Å². The molecule has 8 nitrogen and oxygen atoms in total. The van der Waals surface area contributed by atoms with Crippen molar-refractivity contribution in [2.24, 2.45) is 0 Å². The lowest BCUT2D eigenvalue weighted by Crippen LogP contribution is -2.44. The maximum Gasteiger partial charge on any atom is 0.359 e. The zero-order valence-corrected chi connectivity index (χ0v) is 18.4. The van der Waals surface area contributed by atoms with Crippen molar-refractivity contribution in [3.8, 4) is 17.5 Å². The smallest absolute Gasteiger partial charge is 0.359 e. The molecule has 0 saturated heterocycles. The number of methoxy groups -OCH3 is 1. The van der Waals surface area contributed by atoms with Gasteiger partial charge in [-0.3, -0.25) is 4.79 Å². The van der Waals surface area contributed by atoms with Crippen LogP contribution in [0, 0.1) is 11.3 Å². The molecule has 2 aliphatic rings. The van der Waals surface area contributed by atoms with Crippen molar-refractivity contribution < 1.29 is 19.1 Å². The Morgan fingerprint density at radius 1 is 1.12 bits per heavy atom. The first-order valence-corrected chi connectivity index (χ1v) is 10.8. The molecule has 0 unspecified atom stereocenters. The second kappa shape index (κ2) is 7.78. The molecule has 1 aliphatic heterocycles. The van der Waals surface area contributed by atoms with Crippen molar-refractivity contribution in [1.82, 2.24) is 9.78 Å². The molecule has 1 saturated carbocycles. The Hall–Kier alpha value is -4.12. The highest BCUT2D eigenvalue weighted by Crippen LogP contribution is 2.54. The van der Waals surface area contributed by atoms with E-state index < -0.39 is 5.97 Å². The molecular formula is C25H22N4O4. The summed E-state index contributed by atoms with van der Waals surface area (Å²) in [5, 5.41) is 13.7. The number of amides is 1. The Morgan fingerprint density at radius 2 is 1.79 bits per heavy atom. The molecule has 0 N–H and O–H groups in total. The Bertz CT molecular complexity index is 1280. The van der Waals surface area contributed by atoms with Crippen LogP contribution in [0.3, 0.4) is 0 Å². The van der Waals surface area contributed by atoms with E-state index in [0.29, 0.717) is 40.5 Å². The van der Waals surface area contributed by atoms with Gasteiger partial charge >= 0.3 is 5.97 Å². The lowest BCUT2D eigenvalue weighted by atomic mass is 9.88. The summed E-state index contributed by atoms with van der Waals surface area (Å²) in [6.07, 6.45) is 1.70. The summed E-state index contributed by atoms with van der Waals surface area (Å²) in [5.74, 6) is -0.0902. The number of hydrogen-bond donors (Lipinski definition) is 0. The Morgan fingerprint density at radius 3 is 2.36 bits per heavy atom. The molecule has 1 aliphatic carbocycles. The number of hydrogen-bond acceptors (Lipinski definition) is 6. The van der Waals surface area contributed by atoms with E-state index in [9.17, 15) is 9.59 Å². The molecule has 0 radical (unpaired) electrons. The third-order valence-corrected chi connectivity index (χ3v) is 6.27. The lowest BCUT2D eigenvalue weighted by Gasteiger charge is -2.33. The number of ether oxygens (including phenoxy) is 2. The SMILES string of the molecule is CCOC(=O)c1nn(-c2ccc(OC)cc2)c2c1C1(CC1)CN(c1ccc(C#N)cc1)C2=O. The first kappa shape index (κ1) is 20.8. The van der Waals surface area contributed by atoms with Crippen molar-refractivity contribution in [3.05, 3.63) is 71.0 Å². The van der Waals surface area contributed by atoms with Gasteiger partial charge in [-0.25, -0.2) is 9.48 Å². The van der Waals surface area contributed by atoms with Gasteiger partial charge in [-0.05, 0) is 68.3 Å². The molecule has 2 heterocycles. The minimum atomic E-state index is -0.521. The summed E-state index contributed by atoms with van der Waals surface area (Å²) in [4.78, 5) is 28.4. The van der Waals surface area contributed by atoms with E-state index in [4.69, 9.17) is 14.7 Å². The van der Waals surface area contributed by atoms with Gasteiger partial charge in [0.15, 0.2) is 5.69 Å². The van der Waals surface area contributed by atoms with Crippen molar-refractivity contribution in [2.45, 2.75) is 25.2 Å². The van der Waals surface area contributed by atoms with Crippen LogP contribution < -0.4 is 9.64 Å². The predicted molar refractivity (Wildman–Crippen MR) is 120 cm³/mol. The number of rotatable bonds is 5. The van der Waals surface area contributed by atoms with Gasteiger partial charge in [0.25, 0.3) is 5.91 Å². The van der Waals surface area contributed by atoms with Crippen LogP contribution in [0.4, 0.5) is 5.69 Å². The Kier molecular flexibility index (Phi) is 4.90. The number of benzene rings is 2. The number of fused-ring (bicyclic) bond motifs is 2. The van der Waals surface area contributed by atoms with Crippen LogP contribution in [0.2, 0.25) is 0 Å². The third kappa shape index (κ3) is 3.33. The number of carbonyl (C=O) groups is 2. The molecule has 166 valence electrons. The molecule has 5 rings (SSSR count). The second-order valence-electron chi connectivity index (χ2n) is 8.23. The number of esters is 1. The van der Waals surface area contributed by atoms with Gasteiger partial charge in [0.05, 0.1) is 31.0 Å². The van der Waals surface area contributed by atoms with Crippen molar-refractivity contribution >= 4 is 17.6 Å². The van der Waals surface area contributed by atoms with Gasteiger partial charge in [0.1, 0.15) is 11.4 Å². The number of nitriles is 1. The largest absolute Gasteiger partial charge is 0.497 e. The molecule has 1 aromatic heterocycles. The second-order valence-corrected chi connectivity index (χ2v) is 8.23. The monoisotopic (exact) mass is 442 g/mol. The van der Waals surface area contributed by atoms with Crippen molar-refractivity contribution in [1.29, 1.82) is 5.26 Å². The average molecular weight is 442 g/mol. The van der Waals surface area contributed by atoms with E-state index >= 15 is 0 Å². The number of carbonyl (C=O) groups excluding carboxylic acids is 2. The van der Waals surface area contributed by atoms with Crippen LogP contribution in [0.5, 0.6) is 5.75 Å². The predicted octanol–water partition coefficient (Wildman–Crippen LogP) is 3.62. The third-order valence-electron chi connectivity index (χ3n) is 6.27. The van der Waals surface area contributed by atoms with E-state index in [-0.39, 0.29) is 23.6 Å². The summed E-state index contributed by atoms with van der Waals surface area (Å²) in [6, 6.07) is 16.2. The normalized spacial score (nSPS) is 15.7. The molecule has 2 aromatic carbocycles.